The number of carbonyl (C=O) groups excluding carboxylic acids is 1. The molecule has 0 saturated carbocycles. The number of hydrogen-bond acceptors (Lipinski definition) is 5. The lowest BCUT2D eigenvalue weighted by atomic mass is 9.90. The molecule has 118 valence electrons. The van der Waals surface area contributed by atoms with E-state index >= 15 is 0 Å². The van der Waals surface area contributed by atoms with E-state index in [9.17, 15) is 14.9 Å². The fourth-order valence-corrected chi connectivity index (χ4v) is 1.77. The molecular formula is C14H17ClN4O3. The van der Waals surface area contributed by atoms with Crippen LogP contribution in [0.5, 0.6) is 0 Å². The van der Waals surface area contributed by atoms with Gasteiger partial charge in [-0.3, -0.25) is 14.9 Å². The van der Waals surface area contributed by atoms with Gasteiger partial charge in [-0.15, -0.1) is 0 Å². The number of nitro groups is 1. The van der Waals surface area contributed by atoms with E-state index in [2.05, 4.69) is 16.7 Å². The monoisotopic (exact) mass is 324 g/mol. The lowest BCUT2D eigenvalue weighted by Crippen LogP contribution is -2.50. The fourth-order valence-electron chi connectivity index (χ4n) is 1.58. The Morgan fingerprint density at radius 3 is 2.68 bits per heavy atom. The Morgan fingerprint density at radius 2 is 2.18 bits per heavy atom. The molecule has 0 spiro atoms. The summed E-state index contributed by atoms with van der Waals surface area (Å²) in [6.07, 6.45) is 0. The SMILES string of the molecule is CC(C)C(C)(C#N)NC(=O)CNc1ccc(Cl)c([N+](=O)[O-])c1. The minimum atomic E-state index is -0.968. The zero-order chi connectivity index (χ0) is 16.9. The van der Waals surface area contributed by atoms with Crippen LogP contribution in [0.4, 0.5) is 11.4 Å². The van der Waals surface area contributed by atoms with Crippen LogP contribution in [0.25, 0.3) is 0 Å². The van der Waals surface area contributed by atoms with E-state index in [0.717, 1.165) is 0 Å². The number of halogens is 1. The molecule has 1 amide bonds. The minimum absolute atomic E-state index is 0.0249. The van der Waals surface area contributed by atoms with Crippen LogP contribution in [-0.4, -0.2) is 22.9 Å². The second kappa shape index (κ2) is 7.09. The summed E-state index contributed by atoms with van der Waals surface area (Å²) in [5.41, 5.74) is -0.810. The van der Waals surface area contributed by atoms with Gasteiger partial charge < -0.3 is 10.6 Å². The van der Waals surface area contributed by atoms with E-state index in [0.29, 0.717) is 5.69 Å². The molecule has 2 N–H and O–H groups in total. The van der Waals surface area contributed by atoms with Crippen LogP contribution in [0.1, 0.15) is 20.8 Å². The van der Waals surface area contributed by atoms with Crippen LogP contribution >= 0.6 is 11.6 Å². The molecule has 1 rings (SSSR count). The molecule has 0 fully saturated rings. The third-order valence-electron chi connectivity index (χ3n) is 3.38. The first kappa shape index (κ1) is 17.7. The predicted molar refractivity (Wildman–Crippen MR) is 83.6 cm³/mol. The summed E-state index contributed by atoms with van der Waals surface area (Å²) in [6, 6.07) is 6.24. The van der Waals surface area contributed by atoms with Crippen LogP contribution in [0.3, 0.4) is 0 Å². The number of nitrogens with one attached hydrogen (secondary N) is 2. The van der Waals surface area contributed by atoms with Crippen molar-refractivity contribution in [2.45, 2.75) is 26.3 Å². The predicted octanol–water partition coefficient (Wildman–Crippen LogP) is 2.71. The van der Waals surface area contributed by atoms with Gasteiger partial charge in [0, 0.05) is 11.8 Å². The Morgan fingerprint density at radius 1 is 1.55 bits per heavy atom. The van der Waals surface area contributed by atoms with Gasteiger partial charge in [-0.05, 0) is 25.0 Å². The van der Waals surface area contributed by atoms with Gasteiger partial charge in [-0.1, -0.05) is 25.4 Å². The molecule has 1 atom stereocenters. The highest BCUT2D eigenvalue weighted by atomic mass is 35.5. The normalized spacial score (nSPS) is 13.1. The van der Waals surface area contributed by atoms with Gasteiger partial charge in [0.15, 0.2) is 0 Å². The zero-order valence-corrected chi connectivity index (χ0v) is 13.3. The third-order valence-corrected chi connectivity index (χ3v) is 3.70. The Bertz CT molecular complexity index is 627. The van der Waals surface area contributed by atoms with Crippen molar-refractivity contribution in [3.05, 3.63) is 33.3 Å². The summed E-state index contributed by atoms with van der Waals surface area (Å²) in [7, 11) is 0. The van der Waals surface area contributed by atoms with Gasteiger partial charge in [0.1, 0.15) is 10.6 Å². The maximum absolute atomic E-state index is 11.9. The van der Waals surface area contributed by atoms with E-state index in [-0.39, 0.29) is 29.1 Å². The molecule has 0 heterocycles. The second-order valence-electron chi connectivity index (χ2n) is 5.29. The second-order valence-corrected chi connectivity index (χ2v) is 5.70. The highest BCUT2D eigenvalue weighted by Gasteiger charge is 2.29. The number of benzene rings is 1. The standard InChI is InChI=1S/C14H17ClN4O3/c1-9(2)14(3,8-16)18-13(20)7-17-10-4-5-11(15)12(6-10)19(21)22/h4-6,9,17H,7H2,1-3H3,(H,18,20). The lowest BCUT2D eigenvalue weighted by Gasteiger charge is -2.27. The Hall–Kier alpha value is -2.33. The summed E-state index contributed by atoms with van der Waals surface area (Å²) >= 11 is 5.71. The van der Waals surface area contributed by atoms with Crippen LogP contribution in [-0.2, 0) is 4.79 Å². The molecule has 0 aromatic heterocycles. The summed E-state index contributed by atoms with van der Waals surface area (Å²) in [4.78, 5) is 22.1. The molecule has 0 aliphatic carbocycles. The summed E-state index contributed by atoms with van der Waals surface area (Å²) in [6.45, 7) is 5.20. The minimum Gasteiger partial charge on any atom is -0.376 e. The summed E-state index contributed by atoms with van der Waals surface area (Å²) in [5.74, 6) is -0.437. The molecule has 7 nitrogen and oxygen atoms in total. The number of nitro benzene ring substituents is 1. The summed E-state index contributed by atoms with van der Waals surface area (Å²) in [5, 5.41) is 25.4. The van der Waals surface area contributed by atoms with Crippen molar-refractivity contribution < 1.29 is 9.72 Å². The van der Waals surface area contributed by atoms with Crippen molar-refractivity contribution in [1.29, 1.82) is 5.26 Å². The number of nitrogens with zero attached hydrogens (tertiary/aromatic N) is 2. The fraction of sp³-hybridized carbons (Fsp3) is 0.429. The molecule has 22 heavy (non-hydrogen) atoms. The van der Waals surface area contributed by atoms with E-state index in [1.807, 2.05) is 13.8 Å². The molecule has 0 aliphatic heterocycles. The van der Waals surface area contributed by atoms with Crippen molar-refractivity contribution in [1.82, 2.24) is 5.32 Å². The van der Waals surface area contributed by atoms with Gasteiger partial charge in [-0.25, -0.2) is 0 Å². The number of rotatable bonds is 6. The smallest absolute Gasteiger partial charge is 0.289 e. The van der Waals surface area contributed by atoms with Gasteiger partial charge in [0.05, 0.1) is 17.5 Å². The number of carbonyl (C=O) groups is 1. The molecule has 1 aromatic rings. The number of anilines is 1. The van der Waals surface area contributed by atoms with E-state index in [4.69, 9.17) is 16.9 Å². The van der Waals surface area contributed by atoms with Crippen LogP contribution < -0.4 is 10.6 Å². The molecule has 0 radical (unpaired) electrons. The van der Waals surface area contributed by atoms with Crippen molar-refractivity contribution in [3.63, 3.8) is 0 Å². The van der Waals surface area contributed by atoms with Gasteiger partial charge in [-0.2, -0.15) is 5.26 Å². The van der Waals surface area contributed by atoms with Crippen molar-refractivity contribution in [2.24, 2.45) is 5.92 Å². The highest BCUT2D eigenvalue weighted by Crippen LogP contribution is 2.27. The average molecular weight is 325 g/mol. The number of hydrogen-bond donors (Lipinski definition) is 2. The molecule has 0 aliphatic rings. The van der Waals surface area contributed by atoms with Gasteiger partial charge in [0.2, 0.25) is 5.91 Å². The molecule has 0 bridgehead atoms. The topological polar surface area (TPSA) is 108 Å². The number of nitriles is 1. The first-order chi connectivity index (χ1) is 10.2. The largest absolute Gasteiger partial charge is 0.376 e. The van der Waals surface area contributed by atoms with Gasteiger partial charge in [0.25, 0.3) is 5.69 Å². The third kappa shape index (κ3) is 4.33. The van der Waals surface area contributed by atoms with Crippen molar-refractivity contribution in [3.8, 4) is 6.07 Å². The highest BCUT2D eigenvalue weighted by molar-refractivity contribution is 6.32. The quantitative estimate of drug-likeness (QED) is 0.617. The maximum Gasteiger partial charge on any atom is 0.289 e. The maximum atomic E-state index is 11.9. The Labute approximate surface area is 133 Å². The van der Waals surface area contributed by atoms with E-state index in [1.54, 1.807) is 6.92 Å². The molecular weight excluding hydrogens is 308 g/mol. The van der Waals surface area contributed by atoms with Crippen LogP contribution in [0.2, 0.25) is 5.02 Å². The Kier molecular flexibility index (Phi) is 5.71. The van der Waals surface area contributed by atoms with Crippen molar-refractivity contribution in [2.75, 3.05) is 11.9 Å². The summed E-state index contributed by atoms with van der Waals surface area (Å²) < 4.78 is 0. The van der Waals surface area contributed by atoms with Gasteiger partial charge >= 0.3 is 0 Å². The molecule has 1 unspecified atom stereocenters. The first-order valence-electron chi connectivity index (χ1n) is 6.59. The Balaban J connectivity index is 2.71. The molecule has 8 heteroatoms. The van der Waals surface area contributed by atoms with E-state index < -0.39 is 10.5 Å². The average Bonchev–Trinajstić information content (AvgIpc) is 2.45. The van der Waals surface area contributed by atoms with E-state index in [1.165, 1.54) is 18.2 Å². The molecule has 0 saturated heterocycles. The number of amides is 1. The molecule has 1 aromatic carbocycles. The zero-order valence-electron chi connectivity index (χ0n) is 12.5. The van der Waals surface area contributed by atoms with Crippen LogP contribution in [0, 0.1) is 27.4 Å². The van der Waals surface area contributed by atoms with Crippen molar-refractivity contribution >= 4 is 28.9 Å². The lowest BCUT2D eigenvalue weighted by molar-refractivity contribution is -0.384. The first-order valence-corrected chi connectivity index (χ1v) is 6.97. The van der Waals surface area contributed by atoms with Crippen LogP contribution in [0.15, 0.2) is 18.2 Å².